The van der Waals surface area contributed by atoms with Crippen molar-refractivity contribution in [3.8, 4) is 0 Å². The molecule has 0 saturated carbocycles. The summed E-state index contributed by atoms with van der Waals surface area (Å²) in [7, 11) is 1.60. The summed E-state index contributed by atoms with van der Waals surface area (Å²) in [6.07, 6.45) is 1.80. The van der Waals surface area contributed by atoms with Gasteiger partial charge in [-0.2, -0.15) is 5.10 Å². The lowest BCUT2D eigenvalue weighted by molar-refractivity contribution is 0.0931. The zero-order valence-electron chi connectivity index (χ0n) is 9.36. The third-order valence-corrected chi connectivity index (χ3v) is 1.96. The SMILES string of the molecule is COCCNC(=O)c1ccn(C(C)C)n1. The van der Waals surface area contributed by atoms with Crippen LogP contribution < -0.4 is 5.32 Å². The predicted molar refractivity (Wildman–Crippen MR) is 56.8 cm³/mol. The summed E-state index contributed by atoms with van der Waals surface area (Å²) in [6.45, 7) is 5.04. The first-order valence-electron chi connectivity index (χ1n) is 4.97. The number of hydrogen-bond donors (Lipinski definition) is 1. The number of nitrogens with one attached hydrogen (secondary N) is 1. The van der Waals surface area contributed by atoms with Crippen LogP contribution in [-0.4, -0.2) is 35.9 Å². The molecule has 0 bridgehead atoms. The van der Waals surface area contributed by atoms with Crippen molar-refractivity contribution < 1.29 is 9.53 Å². The van der Waals surface area contributed by atoms with Gasteiger partial charge in [-0.25, -0.2) is 0 Å². The molecular weight excluding hydrogens is 194 g/mol. The quantitative estimate of drug-likeness (QED) is 0.734. The predicted octanol–water partition coefficient (Wildman–Crippen LogP) is 0.840. The highest BCUT2D eigenvalue weighted by Crippen LogP contribution is 2.03. The van der Waals surface area contributed by atoms with Crippen molar-refractivity contribution >= 4 is 5.91 Å². The van der Waals surface area contributed by atoms with Crippen LogP contribution in [0, 0.1) is 0 Å². The van der Waals surface area contributed by atoms with Crippen LogP contribution in [0.1, 0.15) is 30.4 Å². The molecule has 1 heterocycles. The maximum atomic E-state index is 11.5. The molecule has 1 N–H and O–H groups in total. The van der Waals surface area contributed by atoms with Crippen LogP contribution in [-0.2, 0) is 4.74 Å². The van der Waals surface area contributed by atoms with Gasteiger partial charge >= 0.3 is 0 Å². The lowest BCUT2D eigenvalue weighted by Crippen LogP contribution is -2.27. The minimum Gasteiger partial charge on any atom is -0.383 e. The van der Waals surface area contributed by atoms with Crippen molar-refractivity contribution in [2.45, 2.75) is 19.9 Å². The van der Waals surface area contributed by atoms with Gasteiger partial charge in [-0.15, -0.1) is 0 Å². The molecule has 1 rings (SSSR count). The molecule has 0 aliphatic rings. The number of rotatable bonds is 5. The minimum atomic E-state index is -0.161. The van der Waals surface area contributed by atoms with Gasteiger partial charge in [0.2, 0.25) is 0 Å². The molecule has 0 aliphatic carbocycles. The first kappa shape index (κ1) is 11.7. The van der Waals surface area contributed by atoms with E-state index in [0.717, 1.165) is 0 Å². The largest absolute Gasteiger partial charge is 0.383 e. The molecule has 0 aromatic carbocycles. The number of hydrogen-bond acceptors (Lipinski definition) is 3. The summed E-state index contributed by atoms with van der Waals surface area (Å²) in [5, 5.41) is 6.86. The highest BCUT2D eigenvalue weighted by Gasteiger charge is 2.09. The normalized spacial score (nSPS) is 10.7. The Hall–Kier alpha value is -1.36. The maximum Gasteiger partial charge on any atom is 0.271 e. The molecule has 0 saturated heterocycles. The Bertz CT molecular complexity index is 320. The fourth-order valence-electron chi connectivity index (χ4n) is 1.10. The summed E-state index contributed by atoms with van der Waals surface area (Å²) >= 11 is 0. The first-order chi connectivity index (χ1) is 7.15. The van der Waals surface area contributed by atoms with Gasteiger partial charge in [0.25, 0.3) is 5.91 Å². The molecule has 5 heteroatoms. The van der Waals surface area contributed by atoms with Crippen molar-refractivity contribution in [1.82, 2.24) is 15.1 Å². The zero-order chi connectivity index (χ0) is 11.3. The summed E-state index contributed by atoms with van der Waals surface area (Å²) < 4.78 is 6.59. The highest BCUT2D eigenvalue weighted by atomic mass is 16.5. The third-order valence-electron chi connectivity index (χ3n) is 1.96. The average molecular weight is 211 g/mol. The van der Waals surface area contributed by atoms with E-state index < -0.39 is 0 Å². The molecule has 15 heavy (non-hydrogen) atoms. The number of nitrogens with zero attached hydrogens (tertiary/aromatic N) is 2. The van der Waals surface area contributed by atoms with Gasteiger partial charge in [-0.1, -0.05) is 0 Å². The smallest absolute Gasteiger partial charge is 0.271 e. The topological polar surface area (TPSA) is 56.1 Å². The van der Waals surface area contributed by atoms with Gasteiger partial charge < -0.3 is 10.1 Å². The highest BCUT2D eigenvalue weighted by molar-refractivity contribution is 5.92. The first-order valence-corrected chi connectivity index (χ1v) is 4.97. The molecule has 84 valence electrons. The van der Waals surface area contributed by atoms with Gasteiger partial charge in [-0.3, -0.25) is 9.48 Å². The molecule has 5 nitrogen and oxygen atoms in total. The van der Waals surface area contributed by atoms with Crippen LogP contribution in [0.2, 0.25) is 0 Å². The number of carbonyl (C=O) groups excluding carboxylic acids is 1. The number of amides is 1. The van der Waals surface area contributed by atoms with Crippen molar-refractivity contribution in [3.63, 3.8) is 0 Å². The van der Waals surface area contributed by atoms with E-state index in [-0.39, 0.29) is 11.9 Å². The van der Waals surface area contributed by atoms with Crippen molar-refractivity contribution in [2.24, 2.45) is 0 Å². The van der Waals surface area contributed by atoms with E-state index in [1.54, 1.807) is 24.1 Å². The van der Waals surface area contributed by atoms with Crippen LogP contribution in [0.25, 0.3) is 0 Å². The maximum absolute atomic E-state index is 11.5. The lowest BCUT2D eigenvalue weighted by atomic mass is 10.4. The summed E-state index contributed by atoms with van der Waals surface area (Å²) in [5.74, 6) is -0.161. The Morgan fingerprint density at radius 1 is 1.67 bits per heavy atom. The van der Waals surface area contributed by atoms with E-state index in [1.807, 2.05) is 13.8 Å². The number of methoxy groups -OCH3 is 1. The van der Waals surface area contributed by atoms with Gasteiger partial charge in [0.1, 0.15) is 5.69 Å². The number of ether oxygens (including phenoxy) is 1. The molecule has 0 fully saturated rings. The second kappa shape index (κ2) is 5.50. The summed E-state index contributed by atoms with van der Waals surface area (Å²) in [4.78, 5) is 11.5. The Balaban J connectivity index is 2.51. The van der Waals surface area contributed by atoms with E-state index in [2.05, 4.69) is 10.4 Å². The van der Waals surface area contributed by atoms with Crippen molar-refractivity contribution in [1.29, 1.82) is 0 Å². The van der Waals surface area contributed by atoms with E-state index in [4.69, 9.17) is 4.74 Å². The molecule has 0 atom stereocenters. The Morgan fingerprint density at radius 2 is 2.40 bits per heavy atom. The molecule has 0 radical (unpaired) electrons. The molecule has 0 unspecified atom stereocenters. The second-order valence-electron chi connectivity index (χ2n) is 3.52. The standard InChI is InChI=1S/C10H17N3O2/c1-8(2)13-6-4-9(12-13)10(14)11-5-7-15-3/h4,6,8H,5,7H2,1-3H3,(H,11,14). The summed E-state index contributed by atoms with van der Waals surface area (Å²) in [5.41, 5.74) is 0.444. The number of aromatic nitrogens is 2. The molecular formula is C10H17N3O2. The third kappa shape index (κ3) is 3.36. The van der Waals surface area contributed by atoms with E-state index in [1.165, 1.54) is 0 Å². The average Bonchev–Trinajstić information content (AvgIpc) is 2.66. The zero-order valence-corrected chi connectivity index (χ0v) is 9.36. The molecule has 0 aliphatic heterocycles. The summed E-state index contributed by atoms with van der Waals surface area (Å²) in [6, 6.07) is 1.98. The number of carbonyl (C=O) groups is 1. The van der Waals surface area contributed by atoms with Crippen LogP contribution in [0.4, 0.5) is 0 Å². The van der Waals surface area contributed by atoms with E-state index in [9.17, 15) is 4.79 Å². The molecule has 1 aromatic heterocycles. The fraction of sp³-hybridized carbons (Fsp3) is 0.600. The van der Waals surface area contributed by atoms with E-state index >= 15 is 0 Å². The van der Waals surface area contributed by atoms with Crippen LogP contribution in [0.5, 0.6) is 0 Å². The minimum absolute atomic E-state index is 0.161. The molecule has 0 spiro atoms. The van der Waals surface area contributed by atoms with Crippen molar-refractivity contribution in [3.05, 3.63) is 18.0 Å². The Kier molecular flexibility index (Phi) is 4.30. The molecule has 1 aromatic rings. The van der Waals surface area contributed by atoms with E-state index in [0.29, 0.717) is 18.8 Å². The fourth-order valence-corrected chi connectivity index (χ4v) is 1.10. The van der Waals surface area contributed by atoms with Crippen LogP contribution in [0.3, 0.4) is 0 Å². The van der Waals surface area contributed by atoms with Crippen molar-refractivity contribution in [2.75, 3.05) is 20.3 Å². The van der Waals surface area contributed by atoms with Crippen LogP contribution >= 0.6 is 0 Å². The lowest BCUT2D eigenvalue weighted by Gasteiger charge is -2.04. The Labute approximate surface area is 89.4 Å². The van der Waals surface area contributed by atoms with Crippen LogP contribution in [0.15, 0.2) is 12.3 Å². The monoisotopic (exact) mass is 211 g/mol. The Morgan fingerprint density at radius 3 is 2.93 bits per heavy atom. The van der Waals surface area contributed by atoms with Gasteiger partial charge in [0.15, 0.2) is 0 Å². The van der Waals surface area contributed by atoms with Gasteiger partial charge in [-0.05, 0) is 19.9 Å². The van der Waals surface area contributed by atoms with Gasteiger partial charge in [0.05, 0.1) is 6.61 Å². The van der Waals surface area contributed by atoms with Gasteiger partial charge in [0, 0.05) is 25.9 Å². The second-order valence-corrected chi connectivity index (χ2v) is 3.52. The molecule has 1 amide bonds.